The highest BCUT2D eigenvalue weighted by molar-refractivity contribution is 7.90. The number of ether oxygens (including phenoxy) is 1. The fourth-order valence-electron chi connectivity index (χ4n) is 5.31. The van der Waals surface area contributed by atoms with Crippen LogP contribution in [0.1, 0.15) is 36.2 Å². The third kappa shape index (κ3) is 7.58. The topological polar surface area (TPSA) is 111 Å². The first kappa shape index (κ1) is 33.8. The summed E-state index contributed by atoms with van der Waals surface area (Å²) in [4.78, 5) is 28.0. The van der Waals surface area contributed by atoms with E-state index in [2.05, 4.69) is 17.6 Å². The van der Waals surface area contributed by atoms with Crippen molar-refractivity contribution < 1.29 is 21.9 Å². The van der Waals surface area contributed by atoms with E-state index in [-0.39, 0.29) is 39.6 Å². The number of hydrogen-bond donors (Lipinski definition) is 2. The summed E-state index contributed by atoms with van der Waals surface area (Å²) in [5.74, 6) is -1.74. The molecule has 12 heteroatoms. The first-order valence-corrected chi connectivity index (χ1v) is 16.5. The zero-order valence-electron chi connectivity index (χ0n) is 25.8. The number of methoxy groups -OCH3 is 1. The summed E-state index contributed by atoms with van der Waals surface area (Å²) in [6, 6.07) is 16.7. The van der Waals surface area contributed by atoms with Gasteiger partial charge in [-0.2, -0.15) is 0 Å². The van der Waals surface area contributed by atoms with Crippen LogP contribution in [0.4, 0.5) is 8.78 Å². The van der Waals surface area contributed by atoms with Gasteiger partial charge in [0.05, 0.1) is 36.7 Å². The molecule has 0 radical (unpaired) electrons. The molecule has 0 bridgehead atoms. The van der Waals surface area contributed by atoms with E-state index in [4.69, 9.17) is 4.74 Å². The van der Waals surface area contributed by atoms with E-state index in [1.165, 1.54) is 44.4 Å². The maximum absolute atomic E-state index is 15.7. The Morgan fingerprint density at radius 1 is 0.911 bits per heavy atom. The van der Waals surface area contributed by atoms with Crippen LogP contribution in [0.25, 0.3) is 11.1 Å². The van der Waals surface area contributed by atoms with Crippen LogP contribution in [-0.4, -0.2) is 50.6 Å². The highest BCUT2D eigenvalue weighted by Gasteiger charge is 2.26. The van der Waals surface area contributed by atoms with Crippen LogP contribution in [0.2, 0.25) is 0 Å². The van der Waals surface area contributed by atoms with Gasteiger partial charge in [-0.05, 0) is 43.7 Å². The molecule has 0 fully saturated rings. The van der Waals surface area contributed by atoms with E-state index < -0.39 is 45.3 Å². The van der Waals surface area contributed by atoms with Gasteiger partial charge in [0.15, 0.2) is 21.4 Å². The number of aromatic nitrogens is 2. The molecule has 0 aliphatic heterocycles. The van der Waals surface area contributed by atoms with Crippen LogP contribution in [0, 0.1) is 18.6 Å². The summed E-state index contributed by atoms with van der Waals surface area (Å²) in [5, 5.41) is 6.71. The molecule has 2 N–H and O–H groups in total. The lowest BCUT2D eigenvalue weighted by atomic mass is 10.0. The Balaban J connectivity index is 1.95. The predicted octanol–water partition coefficient (Wildman–Crippen LogP) is 4.05. The molecule has 0 saturated heterocycles. The zero-order valence-corrected chi connectivity index (χ0v) is 26.6. The minimum Gasteiger partial charge on any atom is -0.494 e. The zero-order chi connectivity index (χ0) is 32.7. The van der Waals surface area contributed by atoms with Gasteiger partial charge in [0, 0.05) is 36.2 Å². The molecule has 240 valence electrons. The molecule has 45 heavy (non-hydrogen) atoms. The van der Waals surface area contributed by atoms with Gasteiger partial charge in [-0.25, -0.2) is 22.0 Å². The highest BCUT2D eigenvalue weighted by Crippen LogP contribution is 2.29. The van der Waals surface area contributed by atoms with Crippen LogP contribution in [0.15, 0.2) is 81.2 Å². The molecule has 1 unspecified atom stereocenters. The summed E-state index contributed by atoms with van der Waals surface area (Å²) < 4.78 is 63.3. The van der Waals surface area contributed by atoms with Gasteiger partial charge in [0.25, 0.3) is 5.56 Å². The SMILES string of the molecule is CCCNCCNC(Cn1c(=O)c(-c2cccc(OC)c2F)c(C)n(Cc2c(F)cccc2S(C)(=O)=O)c1=O)c1ccccc1. The van der Waals surface area contributed by atoms with Crippen molar-refractivity contribution in [2.24, 2.45) is 0 Å². The minimum absolute atomic E-state index is 0.0455. The number of halogens is 2. The lowest BCUT2D eigenvalue weighted by molar-refractivity contribution is 0.387. The molecule has 4 rings (SSSR count). The standard InChI is InChI=1S/C33H38F2N4O5S/c1-5-17-36-18-19-37-27(23-11-7-6-8-12-23)21-39-32(40)30(24-13-9-15-28(44-3)31(24)35)22(2)38(33(39)41)20-25-26(34)14-10-16-29(25)45(4,42)43/h6-16,27,36-37H,5,17-21H2,1-4H3. The minimum atomic E-state index is -3.89. The van der Waals surface area contributed by atoms with Crippen molar-refractivity contribution >= 4 is 9.84 Å². The molecule has 0 saturated carbocycles. The van der Waals surface area contributed by atoms with Gasteiger partial charge in [-0.1, -0.05) is 55.5 Å². The molecular weight excluding hydrogens is 602 g/mol. The normalized spacial score (nSPS) is 12.3. The lowest BCUT2D eigenvalue weighted by Crippen LogP contribution is -2.45. The molecule has 0 aliphatic carbocycles. The Labute approximate surface area is 261 Å². The van der Waals surface area contributed by atoms with Crippen molar-refractivity contribution in [3.05, 3.63) is 116 Å². The van der Waals surface area contributed by atoms with Crippen molar-refractivity contribution in [3.8, 4) is 16.9 Å². The van der Waals surface area contributed by atoms with Gasteiger partial charge >= 0.3 is 5.69 Å². The number of benzene rings is 3. The van der Waals surface area contributed by atoms with Crippen LogP contribution in [0.3, 0.4) is 0 Å². The number of hydrogen-bond acceptors (Lipinski definition) is 7. The van der Waals surface area contributed by atoms with Crippen molar-refractivity contribution in [1.29, 1.82) is 0 Å². The second kappa shape index (κ2) is 14.8. The summed E-state index contributed by atoms with van der Waals surface area (Å²) in [6.45, 7) is 4.87. The second-order valence-electron chi connectivity index (χ2n) is 10.7. The predicted molar refractivity (Wildman–Crippen MR) is 171 cm³/mol. The summed E-state index contributed by atoms with van der Waals surface area (Å²) >= 11 is 0. The van der Waals surface area contributed by atoms with Gasteiger partial charge in [-0.15, -0.1) is 0 Å². The van der Waals surface area contributed by atoms with Gasteiger partial charge < -0.3 is 15.4 Å². The Hall–Kier alpha value is -4.13. The van der Waals surface area contributed by atoms with Gasteiger partial charge in [0.2, 0.25) is 0 Å². The molecule has 0 spiro atoms. The van der Waals surface area contributed by atoms with E-state index in [0.717, 1.165) is 40.0 Å². The number of nitrogens with one attached hydrogen (secondary N) is 2. The Morgan fingerprint density at radius 3 is 2.29 bits per heavy atom. The van der Waals surface area contributed by atoms with Crippen molar-refractivity contribution in [3.63, 3.8) is 0 Å². The average molecular weight is 641 g/mol. The van der Waals surface area contributed by atoms with E-state index in [9.17, 15) is 18.0 Å². The highest BCUT2D eigenvalue weighted by atomic mass is 32.2. The smallest absolute Gasteiger partial charge is 0.331 e. The molecule has 3 aromatic carbocycles. The third-order valence-corrected chi connectivity index (χ3v) is 8.80. The summed E-state index contributed by atoms with van der Waals surface area (Å²) in [6.07, 6.45) is 1.91. The number of sulfone groups is 1. The number of nitrogens with zero attached hydrogens (tertiary/aromatic N) is 2. The fourth-order valence-corrected chi connectivity index (χ4v) is 6.25. The van der Waals surface area contributed by atoms with Crippen LogP contribution >= 0.6 is 0 Å². The van der Waals surface area contributed by atoms with Crippen LogP contribution < -0.4 is 26.6 Å². The molecule has 1 aromatic heterocycles. The largest absolute Gasteiger partial charge is 0.494 e. The van der Waals surface area contributed by atoms with E-state index in [0.29, 0.717) is 13.1 Å². The van der Waals surface area contributed by atoms with Gasteiger partial charge in [-0.3, -0.25) is 13.9 Å². The summed E-state index contributed by atoms with van der Waals surface area (Å²) in [7, 11) is -2.59. The molecule has 0 aliphatic rings. The Bertz CT molecular complexity index is 1870. The maximum atomic E-state index is 15.7. The molecule has 0 amide bonds. The van der Waals surface area contributed by atoms with Gasteiger partial charge in [0.1, 0.15) is 5.82 Å². The van der Waals surface area contributed by atoms with Crippen molar-refractivity contribution in [2.45, 2.75) is 44.3 Å². The van der Waals surface area contributed by atoms with Crippen molar-refractivity contribution in [1.82, 2.24) is 19.8 Å². The Kier molecular flexibility index (Phi) is 11.1. The van der Waals surface area contributed by atoms with E-state index >= 15 is 8.78 Å². The first-order valence-electron chi connectivity index (χ1n) is 14.6. The maximum Gasteiger partial charge on any atom is 0.331 e. The molecule has 1 heterocycles. The number of rotatable bonds is 14. The van der Waals surface area contributed by atoms with E-state index in [1.807, 2.05) is 30.3 Å². The van der Waals surface area contributed by atoms with Crippen LogP contribution in [0.5, 0.6) is 5.75 Å². The van der Waals surface area contributed by atoms with E-state index in [1.54, 1.807) is 0 Å². The molecule has 4 aromatic rings. The average Bonchev–Trinajstić information content (AvgIpc) is 3.01. The Morgan fingerprint density at radius 2 is 1.62 bits per heavy atom. The molecule has 9 nitrogen and oxygen atoms in total. The molecular formula is C33H38F2N4O5S. The fraction of sp³-hybridized carbons (Fsp3) is 0.333. The van der Waals surface area contributed by atoms with Crippen LogP contribution in [-0.2, 0) is 22.9 Å². The third-order valence-electron chi connectivity index (χ3n) is 7.62. The first-order chi connectivity index (χ1) is 21.5. The monoisotopic (exact) mass is 640 g/mol. The molecule has 1 atom stereocenters. The van der Waals surface area contributed by atoms with Crippen molar-refractivity contribution in [2.75, 3.05) is 33.0 Å². The summed E-state index contributed by atoms with van der Waals surface area (Å²) in [5.41, 5.74) is -1.15. The second-order valence-corrected chi connectivity index (χ2v) is 12.7. The lowest BCUT2D eigenvalue weighted by Gasteiger charge is -2.23. The quantitative estimate of drug-likeness (QED) is 0.200.